The molecule has 0 aliphatic carbocycles. The first-order valence-corrected chi connectivity index (χ1v) is 24.1. The Morgan fingerprint density at radius 3 is 1.04 bits per heavy atom. The maximum atomic E-state index is 12.4. The second kappa shape index (κ2) is 45.3. The summed E-state index contributed by atoms with van der Waals surface area (Å²) in [5.41, 5.74) is 0. The zero-order valence-corrected chi connectivity index (χ0v) is 36.1. The quantitative estimate of drug-likeness (QED) is 0.0430. The van der Waals surface area contributed by atoms with Gasteiger partial charge in [-0.05, 0) is 44.9 Å². The molecule has 4 nitrogen and oxygen atoms in total. The Labute approximate surface area is 332 Å². The Hall–Kier alpha value is -1.13. The van der Waals surface area contributed by atoms with Crippen LogP contribution >= 0.6 is 0 Å². The average Bonchev–Trinajstić information content (AvgIpc) is 3.16. The van der Waals surface area contributed by atoms with E-state index in [1.807, 2.05) is 6.08 Å². The van der Waals surface area contributed by atoms with Crippen molar-refractivity contribution in [2.45, 2.75) is 276 Å². The number of unbranched alkanes of at least 4 members (excludes halogenated alkanes) is 35. The summed E-state index contributed by atoms with van der Waals surface area (Å²) < 4.78 is 0. The van der Waals surface area contributed by atoms with Crippen LogP contribution in [-0.4, -0.2) is 34.9 Å². The van der Waals surface area contributed by atoms with Crippen molar-refractivity contribution in [3.63, 3.8) is 0 Å². The van der Waals surface area contributed by atoms with Crippen molar-refractivity contribution < 1.29 is 15.0 Å². The number of carbonyl (C=O) groups excluding carboxylic acids is 1. The van der Waals surface area contributed by atoms with Crippen LogP contribution in [0, 0.1) is 0 Å². The van der Waals surface area contributed by atoms with Crippen LogP contribution in [0.1, 0.15) is 264 Å². The van der Waals surface area contributed by atoms with Crippen LogP contribution < -0.4 is 5.32 Å². The standard InChI is InChI=1S/C49H95NO3/c1-3-5-7-9-11-13-15-17-19-20-21-22-23-24-25-26-27-28-29-30-31-32-34-36-38-40-42-44-48(52)47(46-51)50-49(53)45-43-41-39-37-35-33-18-16-14-12-10-8-6-4-2/h16,18,42,44,47-48,51-52H,3-15,17,19-41,43,45-46H2,1-2H3,(H,50,53)/b18-16-,44-42+. The minimum absolute atomic E-state index is 0.0708. The van der Waals surface area contributed by atoms with Crippen molar-refractivity contribution in [1.82, 2.24) is 5.32 Å². The average molecular weight is 746 g/mol. The lowest BCUT2D eigenvalue weighted by atomic mass is 10.0. The van der Waals surface area contributed by atoms with E-state index >= 15 is 0 Å². The number of hydrogen-bond acceptors (Lipinski definition) is 3. The van der Waals surface area contributed by atoms with Gasteiger partial charge in [-0.25, -0.2) is 0 Å². The summed E-state index contributed by atoms with van der Waals surface area (Å²) in [6, 6.07) is -0.624. The third kappa shape index (κ3) is 41.9. The summed E-state index contributed by atoms with van der Waals surface area (Å²) in [5.74, 6) is -0.0708. The van der Waals surface area contributed by atoms with Gasteiger partial charge in [0.05, 0.1) is 18.8 Å². The van der Waals surface area contributed by atoms with E-state index in [-0.39, 0.29) is 12.5 Å². The Bertz CT molecular complexity index is 765. The fourth-order valence-electron chi connectivity index (χ4n) is 7.47. The first-order chi connectivity index (χ1) is 26.2. The van der Waals surface area contributed by atoms with Gasteiger partial charge in [0.2, 0.25) is 5.91 Å². The first kappa shape index (κ1) is 51.9. The van der Waals surface area contributed by atoms with Crippen LogP contribution in [0.15, 0.2) is 24.3 Å². The van der Waals surface area contributed by atoms with Crippen LogP contribution in [0.5, 0.6) is 0 Å². The molecule has 0 spiro atoms. The number of amides is 1. The molecule has 0 rings (SSSR count). The monoisotopic (exact) mass is 746 g/mol. The molecule has 0 fully saturated rings. The predicted molar refractivity (Wildman–Crippen MR) is 235 cm³/mol. The minimum atomic E-state index is -0.840. The smallest absolute Gasteiger partial charge is 0.220 e. The maximum absolute atomic E-state index is 12.4. The van der Waals surface area contributed by atoms with Crippen molar-refractivity contribution in [1.29, 1.82) is 0 Å². The fraction of sp³-hybridized carbons (Fsp3) is 0.898. The topological polar surface area (TPSA) is 69.6 Å². The molecule has 0 aromatic heterocycles. The largest absolute Gasteiger partial charge is 0.394 e. The molecule has 53 heavy (non-hydrogen) atoms. The lowest BCUT2D eigenvalue weighted by molar-refractivity contribution is -0.123. The first-order valence-electron chi connectivity index (χ1n) is 24.1. The van der Waals surface area contributed by atoms with Gasteiger partial charge in [0.25, 0.3) is 0 Å². The van der Waals surface area contributed by atoms with Gasteiger partial charge in [-0.3, -0.25) is 4.79 Å². The van der Waals surface area contributed by atoms with Crippen LogP contribution in [0.4, 0.5) is 0 Å². The second-order valence-corrected chi connectivity index (χ2v) is 16.5. The molecule has 1 amide bonds. The Morgan fingerprint density at radius 2 is 0.717 bits per heavy atom. The normalized spacial score (nSPS) is 13.1. The third-order valence-electron chi connectivity index (χ3n) is 11.2. The number of carbonyl (C=O) groups is 1. The molecular formula is C49H95NO3. The van der Waals surface area contributed by atoms with E-state index in [0.29, 0.717) is 6.42 Å². The summed E-state index contributed by atoms with van der Waals surface area (Å²) in [4.78, 5) is 12.4. The summed E-state index contributed by atoms with van der Waals surface area (Å²) in [7, 11) is 0. The molecule has 3 N–H and O–H groups in total. The number of allylic oxidation sites excluding steroid dienone is 3. The Morgan fingerprint density at radius 1 is 0.434 bits per heavy atom. The van der Waals surface area contributed by atoms with Crippen molar-refractivity contribution in [2.75, 3.05) is 6.61 Å². The van der Waals surface area contributed by atoms with Gasteiger partial charge in [-0.15, -0.1) is 0 Å². The molecule has 0 aromatic carbocycles. The summed E-state index contributed by atoms with van der Waals surface area (Å²) in [6.45, 7) is 4.31. The number of hydrogen-bond donors (Lipinski definition) is 3. The fourth-order valence-corrected chi connectivity index (χ4v) is 7.47. The molecule has 0 radical (unpaired) electrons. The van der Waals surface area contributed by atoms with E-state index in [1.54, 1.807) is 6.08 Å². The Kier molecular flexibility index (Phi) is 44.3. The highest BCUT2D eigenvalue weighted by molar-refractivity contribution is 5.76. The molecule has 0 saturated heterocycles. The van der Waals surface area contributed by atoms with Gasteiger partial charge >= 0.3 is 0 Å². The molecule has 0 heterocycles. The van der Waals surface area contributed by atoms with E-state index in [9.17, 15) is 15.0 Å². The van der Waals surface area contributed by atoms with E-state index in [1.165, 1.54) is 212 Å². The van der Waals surface area contributed by atoms with Crippen LogP contribution in [0.2, 0.25) is 0 Å². The molecule has 0 aliphatic rings. The zero-order valence-electron chi connectivity index (χ0n) is 36.1. The predicted octanol–water partition coefficient (Wildman–Crippen LogP) is 15.2. The molecule has 0 aliphatic heterocycles. The van der Waals surface area contributed by atoms with Gasteiger partial charge in [-0.1, -0.05) is 237 Å². The molecule has 0 saturated carbocycles. The van der Waals surface area contributed by atoms with Crippen molar-refractivity contribution in [2.24, 2.45) is 0 Å². The minimum Gasteiger partial charge on any atom is -0.394 e. The molecule has 2 atom stereocenters. The number of aliphatic hydroxyl groups is 2. The van der Waals surface area contributed by atoms with Gasteiger partial charge in [0.15, 0.2) is 0 Å². The number of nitrogens with one attached hydrogen (secondary N) is 1. The molecular weight excluding hydrogens is 651 g/mol. The second-order valence-electron chi connectivity index (χ2n) is 16.5. The maximum Gasteiger partial charge on any atom is 0.220 e. The third-order valence-corrected chi connectivity index (χ3v) is 11.2. The molecule has 0 aromatic rings. The molecule has 314 valence electrons. The van der Waals surface area contributed by atoms with E-state index in [2.05, 4.69) is 31.3 Å². The highest BCUT2D eigenvalue weighted by Crippen LogP contribution is 2.16. The summed E-state index contributed by atoms with van der Waals surface area (Å²) in [6.07, 6.45) is 58.8. The van der Waals surface area contributed by atoms with Gasteiger partial charge < -0.3 is 15.5 Å². The van der Waals surface area contributed by atoms with Gasteiger partial charge in [0.1, 0.15) is 0 Å². The van der Waals surface area contributed by atoms with E-state index < -0.39 is 12.1 Å². The van der Waals surface area contributed by atoms with Crippen LogP contribution in [-0.2, 0) is 4.79 Å². The molecule has 2 unspecified atom stereocenters. The number of rotatable bonds is 44. The molecule has 4 heteroatoms. The zero-order chi connectivity index (χ0) is 38.6. The van der Waals surface area contributed by atoms with E-state index in [4.69, 9.17) is 0 Å². The number of aliphatic hydroxyl groups excluding tert-OH is 2. The van der Waals surface area contributed by atoms with Crippen molar-refractivity contribution >= 4 is 5.91 Å². The van der Waals surface area contributed by atoms with Gasteiger partial charge in [-0.2, -0.15) is 0 Å². The van der Waals surface area contributed by atoms with Gasteiger partial charge in [0, 0.05) is 6.42 Å². The van der Waals surface area contributed by atoms with Crippen molar-refractivity contribution in [3.8, 4) is 0 Å². The highest BCUT2D eigenvalue weighted by Gasteiger charge is 2.17. The van der Waals surface area contributed by atoms with Crippen LogP contribution in [0.3, 0.4) is 0 Å². The van der Waals surface area contributed by atoms with E-state index in [0.717, 1.165) is 32.1 Å². The lowest BCUT2D eigenvalue weighted by Gasteiger charge is -2.20. The SMILES string of the molecule is CCCCCCC/C=C\CCCCCCCC(=O)NC(CO)C(O)/C=C/CCCCCCCCCCCCCCCCCCCCCCCCCCC. The summed E-state index contributed by atoms with van der Waals surface area (Å²) in [5, 5.41) is 23.0. The highest BCUT2D eigenvalue weighted by atomic mass is 16.3. The van der Waals surface area contributed by atoms with Crippen molar-refractivity contribution in [3.05, 3.63) is 24.3 Å². The lowest BCUT2D eigenvalue weighted by Crippen LogP contribution is -2.45. The Balaban J connectivity index is 3.48. The van der Waals surface area contributed by atoms with Crippen LogP contribution in [0.25, 0.3) is 0 Å². The molecule has 0 bridgehead atoms. The summed E-state index contributed by atoms with van der Waals surface area (Å²) >= 11 is 0.